The zero-order valence-corrected chi connectivity index (χ0v) is 4.95. The highest BCUT2D eigenvalue weighted by Crippen LogP contribution is 1.81. The largest absolute Gasteiger partial charge is 0.480 e. The summed E-state index contributed by atoms with van der Waals surface area (Å²) in [5, 5.41) is 8.20. The standard InChI is InChI=1S/C6H9NO2/c1-2-3-4-5(7)6(8)9/h2-5H,1,7H2,(H,8,9)/b4-3-/t5-/m0/s1. The first kappa shape index (κ1) is 7.91. The molecule has 0 bridgehead atoms. The SMILES string of the molecule is C=C/C=C\[C@H](N)C(=O)O. The fourth-order valence-electron chi connectivity index (χ4n) is 0.281. The zero-order valence-electron chi connectivity index (χ0n) is 4.95. The molecular formula is C6H9NO2. The molecule has 0 aliphatic rings. The van der Waals surface area contributed by atoms with E-state index >= 15 is 0 Å². The first-order chi connectivity index (χ1) is 4.18. The Balaban J connectivity index is 3.75. The Bertz CT molecular complexity index is 140. The van der Waals surface area contributed by atoms with E-state index in [1.807, 2.05) is 0 Å². The Labute approximate surface area is 53.5 Å². The van der Waals surface area contributed by atoms with Crippen molar-refractivity contribution < 1.29 is 9.90 Å². The number of nitrogens with two attached hydrogens (primary N) is 1. The molecule has 3 heteroatoms. The van der Waals surface area contributed by atoms with Crippen LogP contribution >= 0.6 is 0 Å². The van der Waals surface area contributed by atoms with Crippen LogP contribution in [0.2, 0.25) is 0 Å². The number of hydrogen-bond donors (Lipinski definition) is 2. The number of carboxylic acids is 1. The van der Waals surface area contributed by atoms with Crippen molar-refractivity contribution in [1.82, 2.24) is 0 Å². The van der Waals surface area contributed by atoms with Crippen molar-refractivity contribution in [2.45, 2.75) is 6.04 Å². The summed E-state index contributed by atoms with van der Waals surface area (Å²) in [5.41, 5.74) is 5.07. The molecule has 3 nitrogen and oxygen atoms in total. The van der Waals surface area contributed by atoms with Gasteiger partial charge in [-0.05, 0) is 0 Å². The average molecular weight is 127 g/mol. The van der Waals surface area contributed by atoms with Gasteiger partial charge in [0.15, 0.2) is 0 Å². The average Bonchev–Trinajstić information content (AvgIpc) is 1.82. The molecule has 0 aliphatic carbocycles. The van der Waals surface area contributed by atoms with Crippen molar-refractivity contribution >= 4 is 5.97 Å². The fraction of sp³-hybridized carbons (Fsp3) is 0.167. The van der Waals surface area contributed by atoms with Crippen LogP contribution < -0.4 is 5.73 Å². The third kappa shape index (κ3) is 3.49. The lowest BCUT2D eigenvalue weighted by Gasteiger charge is -1.94. The van der Waals surface area contributed by atoms with Gasteiger partial charge in [-0.3, -0.25) is 4.79 Å². The molecule has 3 N–H and O–H groups in total. The van der Waals surface area contributed by atoms with Crippen LogP contribution in [-0.4, -0.2) is 17.1 Å². The van der Waals surface area contributed by atoms with Crippen molar-refractivity contribution in [3.05, 3.63) is 24.8 Å². The third-order valence-electron chi connectivity index (χ3n) is 0.740. The van der Waals surface area contributed by atoms with Crippen LogP contribution in [0.3, 0.4) is 0 Å². The Kier molecular flexibility index (Phi) is 3.39. The molecule has 0 aromatic rings. The molecule has 0 spiro atoms. The highest BCUT2D eigenvalue weighted by Gasteiger charge is 2.03. The molecule has 0 heterocycles. The number of carbonyl (C=O) groups is 1. The molecule has 0 amide bonds. The summed E-state index contributed by atoms with van der Waals surface area (Å²) >= 11 is 0. The van der Waals surface area contributed by atoms with Crippen molar-refractivity contribution in [1.29, 1.82) is 0 Å². The van der Waals surface area contributed by atoms with E-state index in [0.29, 0.717) is 0 Å². The van der Waals surface area contributed by atoms with E-state index in [1.165, 1.54) is 18.2 Å². The number of aliphatic carboxylic acids is 1. The molecule has 50 valence electrons. The maximum atomic E-state index is 9.99. The van der Waals surface area contributed by atoms with E-state index < -0.39 is 12.0 Å². The van der Waals surface area contributed by atoms with E-state index in [-0.39, 0.29) is 0 Å². The van der Waals surface area contributed by atoms with E-state index in [4.69, 9.17) is 10.8 Å². The van der Waals surface area contributed by atoms with Gasteiger partial charge in [-0.2, -0.15) is 0 Å². The predicted octanol–water partition coefficient (Wildman–Crippen LogP) is 0.140. The Morgan fingerprint density at radius 1 is 1.78 bits per heavy atom. The fourth-order valence-corrected chi connectivity index (χ4v) is 0.281. The Morgan fingerprint density at radius 2 is 2.33 bits per heavy atom. The van der Waals surface area contributed by atoms with Crippen LogP contribution in [0.15, 0.2) is 24.8 Å². The molecule has 0 saturated heterocycles. The highest BCUT2D eigenvalue weighted by molar-refractivity contribution is 5.75. The van der Waals surface area contributed by atoms with Gasteiger partial charge in [0, 0.05) is 0 Å². The van der Waals surface area contributed by atoms with Crippen LogP contribution in [0.1, 0.15) is 0 Å². The molecule has 9 heavy (non-hydrogen) atoms. The Morgan fingerprint density at radius 3 is 2.67 bits per heavy atom. The Hall–Kier alpha value is -1.09. The maximum Gasteiger partial charge on any atom is 0.324 e. The molecule has 0 fully saturated rings. The third-order valence-corrected chi connectivity index (χ3v) is 0.740. The summed E-state index contributed by atoms with van der Waals surface area (Å²) in [4.78, 5) is 9.99. The predicted molar refractivity (Wildman–Crippen MR) is 34.9 cm³/mol. The summed E-state index contributed by atoms with van der Waals surface area (Å²) in [6.07, 6.45) is 4.33. The summed E-state index contributed by atoms with van der Waals surface area (Å²) in [5.74, 6) is -1.03. The second kappa shape index (κ2) is 3.86. The molecule has 0 aliphatic heterocycles. The first-order valence-electron chi connectivity index (χ1n) is 2.46. The summed E-state index contributed by atoms with van der Waals surface area (Å²) in [7, 11) is 0. The summed E-state index contributed by atoms with van der Waals surface area (Å²) in [6.45, 7) is 3.36. The number of carboxylic acid groups (broad SMARTS) is 1. The number of rotatable bonds is 3. The van der Waals surface area contributed by atoms with Gasteiger partial charge in [-0.1, -0.05) is 24.8 Å². The van der Waals surface area contributed by atoms with Crippen LogP contribution in [0, 0.1) is 0 Å². The lowest BCUT2D eigenvalue weighted by Crippen LogP contribution is -2.27. The van der Waals surface area contributed by atoms with Gasteiger partial charge in [0.1, 0.15) is 6.04 Å². The van der Waals surface area contributed by atoms with Gasteiger partial charge in [-0.25, -0.2) is 0 Å². The monoisotopic (exact) mass is 127 g/mol. The lowest BCUT2D eigenvalue weighted by atomic mass is 10.3. The second-order valence-corrected chi connectivity index (χ2v) is 1.48. The van der Waals surface area contributed by atoms with Crippen LogP contribution in [0.25, 0.3) is 0 Å². The lowest BCUT2D eigenvalue weighted by molar-refractivity contribution is -0.137. The van der Waals surface area contributed by atoms with Crippen molar-refractivity contribution in [2.75, 3.05) is 0 Å². The second-order valence-electron chi connectivity index (χ2n) is 1.48. The zero-order chi connectivity index (χ0) is 7.28. The van der Waals surface area contributed by atoms with E-state index in [2.05, 4.69) is 6.58 Å². The quantitative estimate of drug-likeness (QED) is 0.530. The minimum Gasteiger partial charge on any atom is -0.480 e. The molecule has 0 unspecified atom stereocenters. The molecule has 0 rings (SSSR count). The molecular weight excluding hydrogens is 118 g/mol. The van der Waals surface area contributed by atoms with Crippen LogP contribution in [0.4, 0.5) is 0 Å². The normalized spacial score (nSPS) is 13.4. The minimum absolute atomic E-state index is 0.914. The topological polar surface area (TPSA) is 63.3 Å². The summed E-state index contributed by atoms with van der Waals surface area (Å²) in [6, 6.07) is -0.914. The van der Waals surface area contributed by atoms with Gasteiger partial charge < -0.3 is 10.8 Å². The first-order valence-corrected chi connectivity index (χ1v) is 2.46. The smallest absolute Gasteiger partial charge is 0.324 e. The van der Waals surface area contributed by atoms with Gasteiger partial charge in [0.05, 0.1) is 0 Å². The van der Waals surface area contributed by atoms with Gasteiger partial charge in [0.2, 0.25) is 0 Å². The van der Waals surface area contributed by atoms with Crippen molar-refractivity contribution in [3.63, 3.8) is 0 Å². The molecule has 0 aromatic heterocycles. The van der Waals surface area contributed by atoms with Crippen molar-refractivity contribution in [3.8, 4) is 0 Å². The minimum atomic E-state index is -1.03. The van der Waals surface area contributed by atoms with Crippen molar-refractivity contribution in [2.24, 2.45) is 5.73 Å². The van der Waals surface area contributed by atoms with E-state index in [9.17, 15) is 4.79 Å². The summed E-state index contributed by atoms with van der Waals surface area (Å²) < 4.78 is 0. The van der Waals surface area contributed by atoms with Crippen LogP contribution in [-0.2, 0) is 4.79 Å². The molecule has 1 atom stereocenters. The van der Waals surface area contributed by atoms with E-state index in [1.54, 1.807) is 0 Å². The molecule has 0 radical (unpaired) electrons. The molecule has 0 aromatic carbocycles. The van der Waals surface area contributed by atoms with E-state index in [0.717, 1.165) is 0 Å². The van der Waals surface area contributed by atoms with Gasteiger partial charge >= 0.3 is 5.97 Å². The number of allylic oxidation sites excluding steroid dienone is 2. The highest BCUT2D eigenvalue weighted by atomic mass is 16.4. The van der Waals surface area contributed by atoms with Gasteiger partial charge in [0.25, 0.3) is 0 Å². The maximum absolute atomic E-state index is 9.99. The number of hydrogen-bond acceptors (Lipinski definition) is 2. The molecule has 0 saturated carbocycles. The van der Waals surface area contributed by atoms with Crippen LogP contribution in [0.5, 0.6) is 0 Å². The van der Waals surface area contributed by atoms with Gasteiger partial charge in [-0.15, -0.1) is 0 Å².